The van der Waals surface area contributed by atoms with Crippen LogP contribution >= 0.6 is 11.8 Å². The van der Waals surface area contributed by atoms with Crippen molar-refractivity contribution in [2.45, 2.75) is 51.4 Å². The van der Waals surface area contributed by atoms with Crippen LogP contribution in [0.5, 0.6) is 0 Å². The van der Waals surface area contributed by atoms with Gasteiger partial charge < -0.3 is 9.64 Å². The average molecular weight is 361 g/mol. The van der Waals surface area contributed by atoms with E-state index in [1.807, 2.05) is 39.8 Å². The standard InChI is InChI=1S/C19H23NO4S/c1-11-7-12(2)17(13(3)8-11)15(21)9-24-18(23)14-10-25-19(4)6-5-16(22)20(14)19/h7-8,14H,5-6,9-10H2,1-4H3/t14-,19+/m0/s1. The van der Waals surface area contributed by atoms with Crippen molar-refractivity contribution in [3.05, 3.63) is 34.4 Å². The molecule has 0 bridgehead atoms. The highest BCUT2D eigenvalue weighted by molar-refractivity contribution is 8.01. The quantitative estimate of drug-likeness (QED) is 0.609. The van der Waals surface area contributed by atoms with Crippen molar-refractivity contribution in [3.63, 3.8) is 0 Å². The SMILES string of the molecule is Cc1cc(C)c(C(=O)COC(=O)[C@@H]2CS[C@]3(C)CCC(=O)N23)c(C)c1. The normalized spacial score (nSPS) is 25.2. The van der Waals surface area contributed by atoms with Gasteiger partial charge in [0, 0.05) is 17.7 Å². The van der Waals surface area contributed by atoms with Gasteiger partial charge in [-0.3, -0.25) is 9.59 Å². The number of carbonyl (C=O) groups excluding carboxylic acids is 3. The van der Waals surface area contributed by atoms with Crippen molar-refractivity contribution >= 4 is 29.4 Å². The summed E-state index contributed by atoms with van der Waals surface area (Å²) >= 11 is 1.61. The molecule has 2 fully saturated rings. The largest absolute Gasteiger partial charge is 0.456 e. The molecule has 2 heterocycles. The minimum absolute atomic E-state index is 0.00833. The lowest BCUT2D eigenvalue weighted by molar-refractivity contribution is -0.152. The van der Waals surface area contributed by atoms with Crippen LogP contribution in [0, 0.1) is 20.8 Å². The third-order valence-corrected chi connectivity index (χ3v) is 6.52. The monoisotopic (exact) mass is 361 g/mol. The molecule has 2 saturated heterocycles. The van der Waals surface area contributed by atoms with E-state index < -0.39 is 12.0 Å². The molecule has 2 aliphatic heterocycles. The van der Waals surface area contributed by atoms with Gasteiger partial charge in [-0.25, -0.2) is 4.79 Å². The molecule has 1 amide bonds. The van der Waals surface area contributed by atoms with E-state index >= 15 is 0 Å². The van der Waals surface area contributed by atoms with Crippen LogP contribution in [0.1, 0.15) is 46.8 Å². The fraction of sp³-hybridized carbons (Fsp3) is 0.526. The minimum atomic E-state index is -0.585. The lowest BCUT2D eigenvalue weighted by Gasteiger charge is -2.29. The Labute approximate surface area is 152 Å². The number of carbonyl (C=O) groups is 3. The summed E-state index contributed by atoms with van der Waals surface area (Å²) in [4.78, 5) is 38.4. The zero-order chi connectivity index (χ0) is 18.4. The number of ether oxygens (including phenoxy) is 1. The lowest BCUT2D eigenvalue weighted by Crippen LogP contribution is -2.46. The zero-order valence-electron chi connectivity index (χ0n) is 15.0. The Bertz CT molecular complexity index is 737. The Morgan fingerprint density at radius 1 is 1.28 bits per heavy atom. The molecule has 1 aromatic rings. The zero-order valence-corrected chi connectivity index (χ0v) is 15.9. The Morgan fingerprint density at radius 2 is 1.92 bits per heavy atom. The van der Waals surface area contributed by atoms with Gasteiger partial charge in [0.25, 0.3) is 0 Å². The van der Waals surface area contributed by atoms with E-state index in [-0.39, 0.29) is 23.2 Å². The fourth-order valence-electron chi connectivity index (χ4n) is 3.92. The Hall–Kier alpha value is -1.82. The van der Waals surface area contributed by atoms with Gasteiger partial charge in [0.15, 0.2) is 6.61 Å². The summed E-state index contributed by atoms with van der Waals surface area (Å²) in [5.74, 6) is -0.171. The molecule has 6 heteroatoms. The van der Waals surface area contributed by atoms with Crippen molar-refractivity contribution < 1.29 is 19.1 Å². The molecule has 1 aromatic carbocycles. The van der Waals surface area contributed by atoms with E-state index in [2.05, 4.69) is 0 Å². The number of fused-ring (bicyclic) bond motifs is 1. The molecule has 0 saturated carbocycles. The van der Waals surface area contributed by atoms with Gasteiger partial charge in [0.2, 0.25) is 11.7 Å². The summed E-state index contributed by atoms with van der Waals surface area (Å²) in [6, 6.07) is 3.31. The summed E-state index contributed by atoms with van der Waals surface area (Å²) in [5, 5.41) is 0. The number of esters is 1. The summed E-state index contributed by atoms with van der Waals surface area (Å²) in [6.07, 6.45) is 1.22. The van der Waals surface area contributed by atoms with Gasteiger partial charge in [0.05, 0.1) is 4.87 Å². The number of amides is 1. The number of hydrogen-bond donors (Lipinski definition) is 0. The summed E-state index contributed by atoms with van der Waals surface area (Å²) < 4.78 is 5.29. The van der Waals surface area contributed by atoms with Gasteiger partial charge >= 0.3 is 5.97 Å². The number of benzene rings is 1. The first-order chi connectivity index (χ1) is 11.7. The van der Waals surface area contributed by atoms with Crippen LogP contribution in [0.4, 0.5) is 0 Å². The maximum absolute atomic E-state index is 12.5. The molecule has 0 aliphatic carbocycles. The highest BCUT2D eigenvalue weighted by Crippen LogP contribution is 2.47. The predicted molar refractivity (Wildman–Crippen MR) is 96.7 cm³/mol. The highest BCUT2D eigenvalue weighted by Gasteiger charge is 2.53. The molecule has 3 rings (SSSR count). The van der Waals surface area contributed by atoms with Crippen LogP contribution in [0.25, 0.3) is 0 Å². The number of ketones is 1. The number of Topliss-reactive ketones (excluding diaryl/α,β-unsaturated/α-hetero) is 1. The van der Waals surface area contributed by atoms with Gasteiger partial charge in [-0.2, -0.15) is 0 Å². The average Bonchev–Trinajstić information content (AvgIpc) is 3.00. The van der Waals surface area contributed by atoms with Crippen LogP contribution in [-0.4, -0.2) is 45.8 Å². The number of nitrogens with zero attached hydrogens (tertiary/aromatic N) is 1. The molecular weight excluding hydrogens is 338 g/mol. The number of hydrogen-bond acceptors (Lipinski definition) is 5. The molecule has 0 radical (unpaired) electrons. The van der Waals surface area contributed by atoms with Crippen LogP contribution in [0.3, 0.4) is 0 Å². The third-order valence-electron chi connectivity index (χ3n) is 5.02. The van der Waals surface area contributed by atoms with E-state index in [9.17, 15) is 14.4 Å². The number of thioether (sulfide) groups is 1. The first kappa shape index (κ1) is 18.0. The van der Waals surface area contributed by atoms with Crippen LogP contribution < -0.4 is 0 Å². The topological polar surface area (TPSA) is 63.7 Å². The first-order valence-corrected chi connectivity index (χ1v) is 9.45. The number of rotatable bonds is 4. The van der Waals surface area contributed by atoms with Gasteiger partial charge in [-0.05, 0) is 45.2 Å². The molecule has 0 aromatic heterocycles. The second-order valence-electron chi connectivity index (χ2n) is 7.07. The van der Waals surface area contributed by atoms with Gasteiger partial charge in [-0.1, -0.05) is 17.7 Å². The van der Waals surface area contributed by atoms with Crippen molar-refractivity contribution in [1.82, 2.24) is 4.90 Å². The molecule has 0 N–H and O–H groups in total. The van der Waals surface area contributed by atoms with Gasteiger partial charge in [0.1, 0.15) is 6.04 Å². The van der Waals surface area contributed by atoms with Crippen molar-refractivity contribution in [2.75, 3.05) is 12.4 Å². The van der Waals surface area contributed by atoms with E-state index in [0.29, 0.717) is 17.7 Å². The van der Waals surface area contributed by atoms with Crippen molar-refractivity contribution in [3.8, 4) is 0 Å². The molecule has 2 atom stereocenters. The van der Waals surface area contributed by atoms with E-state index in [0.717, 1.165) is 23.1 Å². The number of aryl methyl sites for hydroxylation is 3. The maximum atomic E-state index is 12.5. The molecule has 25 heavy (non-hydrogen) atoms. The molecule has 5 nitrogen and oxygen atoms in total. The predicted octanol–water partition coefficient (Wildman–Crippen LogP) is 2.79. The Balaban J connectivity index is 1.67. The van der Waals surface area contributed by atoms with Gasteiger partial charge in [-0.15, -0.1) is 11.8 Å². The van der Waals surface area contributed by atoms with Crippen LogP contribution in [0.2, 0.25) is 0 Å². The smallest absolute Gasteiger partial charge is 0.330 e. The fourth-order valence-corrected chi connectivity index (χ4v) is 5.34. The second kappa shape index (κ2) is 6.48. The van der Waals surface area contributed by atoms with Crippen molar-refractivity contribution in [1.29, 1.82) is 0 Å². The van der Waals surface area contributed by atoms with Crippen LogP contribution in [-0.2, 0) is 14.3 Å². The molecule has 134 valence electrons. The van der Waals surface area contributed by atoms with E-state index in [1.54, 1.807) is 16.7 Å². The third kappa shape index (κ3) is 3.19. The minimum Gasteiger partial charge on any atom is -0.456 e. The molecule has 0 spiro atoms. The highest BCUT2D eigenvalue weighted by atomic mass is 32.2. The summed E-state index contributed by atoms with van der Waals surface area (Å²) in [6.45, 7) is 7.45. The second-order valence-corrected chi connectivity index (χ2v) is 8.57. The Morgan fingerprint density at radius 3 is 2.56 bits per heavy atom. The summed E-state index contributed by atoms with van der Waals surface area (Å²) in [5.41, 5.74) is 3.48. The molecule has 0 unspecified atom stereocenters. The molecule has 2 aliphatic rings. The first-order valence-electron chi connectivity index (χ1n) is 8.47. The lowest BCUT2D eigenvalue weighted by atomic mass is 9.97. The van der Waals surface area contributed by atoms with Crippen LogP contribution in [0.15, 0.2) is 12.1 Å². The van der Waals surface area contributed by atoms with E-state index in [4.69, 9.17) is 4.74 Å². The maximum Gasteiger partial charge on any atom is 0.330 e. The Kier molecular flexibility index (Phi) is 4.66. The molecular formula is C19H23NO4S. The van der Waals surface area contributed by atoms with Crippen molar-refractivity contribution in [2.24, 2.45) is 0 Å². The summed E-state index contributed by atoms with van der Waals surface area (Å²) in [7, 11) is 0. The van der Waals surface area contributed by atoms with E-state index in [1.165, 1.54) is 0 Å².